The average molecular weight is 312 g/mol. The number of nitrogens with one attached hydrogen (secondary N) is 1. The number of hydrogen-bond donors (Lipinski definition) is 1. The summed E-state index contributed by atoms with van der Waals surface area (Å²) in [6.45, 7) is 3.71. The maximum absolute atomic E-state index is 12.2. The summed E-state index contributed by atoms with van der Waals surface area (Å²) in [6, 6.07) is 15.4. The Hall–Kier alpha value is -2.40. The molecule has 22 heavy (non-hydrogen) atoms. The van der Waals surface area contributed by atoms with E-state index in [-0.39, 0.29) is 5.91 Å². The molecular weight excluding hydrogens is 296 g/mol. The molecule has 1 amide bonds. The van der Waals surface area contributed by atoms with E-state index in [1.807, 2.05) is 55.5 Å². The molecule has 0 fully saturated rings. The minimum atomic E-state index is -0.589. The molecule has 0 aliphatic carbocycles. The predicted molar refractivity (Wildman–Crippen MR) is 89.5 cm³/mol. The molecule has 0 aliphatic heterocycles. The number of benzene rings is 2. The molecule has 3 rings (SSSR count). The summed E-state index contributed by atoms with van der Waals surface area (Å²) in [5.41, 5.74) is 1.98. The molecule has 112 valence electrons. The Morgan fingerprint density at radius 2 is 2.05 bits per heavy atom. The number of anilines is 1. The van der Waals surface area contributed by atoms with E-state index < -0.39 is 6.10 Å². The molecule has 0 saturated carbocycles. The molecule has 1 N–H and O–H groups in total. The molecule has 1 heterocycles. The van der Waals surface area contributed by atoms with Gasteiger partial charge in [0.05, 0.1) is 10.2 Å². The SMILES string of the molecule is Cc1cccc(OC(C)C(=O)Nc2nc3ccccc3s2)c1. The van der Waals surface area contributed by atoms with E-state index in [1.54, 1.807) is 6.92 Å². The van der Waals surface area contributed by atoms with Crippen molar-refractivity contribution in [1.29, 1.82) is 0 Å². The molecule has 0 bridgehead atoms. The van der Waals surface area contributed by atoms with Gasteiger partial charge >= 0.3 is 0 Å². The second-order valence-electron chi connectivity index (χ2n) is 5.05. The van der Waals surface area contributed by atoms with Crippen molar-refractivity contribution in [3.63, 3.8) is 0 Å². The van der Waals surface area contributed by atoms with Gasteiger partial charge in [-0.1, -0.05) is 35.6 Å². The van der Waals surface area contributed by atoms with Crippen LogP contribution in [-0.4, -0.2) is 17.0 Å². The van der Waals surface area contributed by atoms with Gasteiger partial charge in [-0.2, -0.15) is 0 Å². The highest BCUT2D eigenvalue weighted by molar-refractivity contribution is 7.22. The van der Waals surface area contributed by atoms with Crippen LogP contribution in [0, 0.1) is 6.92 Å². The highest BCUT2D eigenvalue weighted by Crippen LogP contribution is 2.25. The fraction of sp³-hybridized carbons (Fsp3) is 0.176. The van der Waals surface area contributed by atoms with Crippen molar-refractivity contribution in [2.45, 2.75) is 20.0 Å². The van der Waals surface area contributed by atoms with Crippen LogP contribution >= 0.6 is 11.3 Å². The Kier molecular flexibility index (Phi) is 4.06. The first kappa shape index (κ1) is 14.5. The number of carbonyl (C=O) groups excluding carboxylic acids is 1. The Bertz CT molecular complexity index is 780. The largest absolute Gasteiger partial charge is 0.481 e. The molecule has 4 nitrogen and oxygen atoms in total. The van der Waals surface area contributed by atoms with E-state index in [1.165, 1.54) is 11.3 Å². The van der Waals surface area contributed by atoms with Crippen LogP contribution in [0.1, 0.15) is 12.5 Å². The van der Waals surface area contributed by atoms with Crippen LogP contribution < -0.4 is 10.1 Å². The lowest BCUT2D eigenvalue weighted by Gasteiger charge is -2.13. The molecule has 1 aromatic heterocycles. The monoisotopic (exact) mass is 312 g/mol. The summed E-state index contributed by atoms with van der Waals surface area (Å²) in [4.78, 5) is 16.6. The third kappa shape index (κ3) is 3.26. The molecule has 3 aromatic rings. The van der Waals surface area contributed by atoms with E-state index >= 15 is 0 Å². The zero-order valence-electron chi connectivity index (χ0n) is 12.4. The molecule has 2 aromatic carbocycles. The molecule has 1 atom stereocenters. The van der Waals surface area contributed by atoms with Crippen molar-refractivity contribution in [2.24, 2.45) is 0 Å². The summed E-state index contributed by atoms with van der Waals surface area (Å²) in [5.74, 6) is 0.479. The van der Waals surface area contributed by atoms with Crippen LogP contribution in [0.5, 0.6) is 5.75 Å². The number of nitrogens with zero attached hydrogens (tertiary/aromatic N) is 1. The molecule has 0 saturated heterocycles. The van der Waals surface area contributed by atoms with Crippen LogP contribution in [0.4, 0.5) is 5.13 Å². The molecule has 0 aliphatic rings. The fourth-order valence-corrected chi connectivity index (χ4v) is 2.95. The number of ether oxygens (including phenoxy) is 1. The lowest BCUT2D eigenvalue weighted by atomic mass is 10.2. The van der Waals surface area contributed by atoms with E-state index in [0.717, 1.165) is 15.8 Å². The van der Waals surface area contributed by atoms with E-state index in [4.69, 9.17) is 4.74 Å². The minimum Gasteiger partial charge on any atom is -0.481 e. The summed E-state index contributed by atoms with van der Waals surface area (Å²) in [5, 5.41) is 3.40. The molecule has 0 radical (unpaired) electrons. The topological polar surface area (TPSA) is 51.2 Å². The highest BCUT2D eigenvalue weighted by atomic mass is 32.1. The number of thiazole rings is 1. The highest BCUT2D eigenvalue weighted by Gasteiger charge is 2.16. The van der Waals surface area contributed by atoms with E-state index in [0.29, 0.717) is 10.9 Å². The first-order valence-corrected chi connectivity index (χ1v) is 7.83. The Balaban J connectivity index is 1.68. The molecule has 1 unspecified atom stereocenters. The number of fused-ring (bicyclic) bond motifs is 1. The number of para-hydroxylation sites is 1. The average Bonchev–Trinajstić information content (AvgIpc) is 2.89. The smallest absolute Gasteiger partial charge is 0.266 e. The van der Waals surface area contributed by atoms with Crippen LogP contribution in [0.15, 0.2) is 48.5 Å². The summed E-state index contributed by atoms with van der Waals surface area (Å²) >= 11 is 1.45. The van der Waals surface area contributed by atoms with Crippen LogP contribution in [0.3, 0.4) is 0 Å². The van der Waals surface area contributed by atoms with Gasteiger partial charge in [-0.25, -0.2) is 4.98 Å². The van der Waals surface area contributed by atoms with Gasteiger partial charge in [0.2, 0.25) is 0 Å². The van der Waals surface area contributed by atoms with Crippen LogP contribution in [-0.2, 0) is 4.79 Å². The standard InChI is InChI=1S/C17H16N2O2S/c1-11-6-5-7-13(10-11)21-12(2)16(20)19-17-18-14-8-3-4-9-15(14)22-17/h3-10,12H,1-2H3,(H,18,19,20). The van der Waals surface area contributed by atoms with E-state index in [9.17, 15) is 4.79 Å². The predicted octanol–water partition coefficient (Wildman–Crippen LogP) is 4.01. The van der Waals surface area contributed by atoms with Crippen LogP contribution in [0.2, 0.25) is 0 Å². The van der Waals surface area contributed by atoms with Gasteiger partial charge in [-0.05, 0) is 43.7 Å². The van der Waals surface area contributed by atoms with Crippen molar-refractivity contribution in [3.05, 3.63) is 54.1 Å². The Morgan fingerprint density at radius 1 is 1.23 bits per heavy atom. The lowest BCUT2D eigenvalue weighted by Crippen LogP contribution is -2.30. The van der Waals surface area contributed by atoms with Gasteiger partial charge in [0, 0.05) is 0 Å². The third-order valence-corrected chi connectivity index (χ3v) is 4.15. The minimum absolute atomic E-state index is 0.208. The molecule has 0 spiro atoms. The number of aryl methyl sites for hydroxylation is 1. The quantitative estimate of drug-likeness (QED) is 0.792. The molecule has 5 heteroatoms. The maximum Gasteiger partial charge on any atom is 0.266 e. The van der Waals surface area contributed by atoms with Gasteiger partial charge in [0.25, 0.3) is 5.91 Å². The van der Waals surface area contributed by atoms with Crippen molar-refractivity contribution in [1.82, 2.24) is 4.98 Å². The fourth-order valence-electron chi connectivity index (χ4n) is 2.08. The second-order valence-corrected chi connectivity index (χ2v) is 6.08. The summed E-state index contributed by atoms with van der Waals surface area (Å²) < 4.78 is 6.71. The van der Waals surface area contributed by atoms with Gasteiger partial charge < -0.3 is 4.74 Å². The van der Waals surface area contributed by atoms with Gasteiger partial charge in [-0.15, -0.1) is 0 Å². The Labute approximate surface area is 132 Å². The summed E-state index contributed by atoms with van der Waals surface area (Å²) in [7, 11) is 0. The number of amides is 1. The van der Waals surface area contributed by atoms with Gasteiger partial charge in [0.1, 0.15) is 5.75 Å². The maximum atomic E-state index is 12.2. The van der Waals surface area contributed by atoms with Crippen molar-refractivity contribution < 1.29 is 9.53 Å². The van der Waals surface area contributed by atoms with Gasteiger partial charge in [0.15, 0.2) is 11.2 Å². The van der Waals surface area contributed by atoms with Crippen molar-refractivity contribution in [2.75, 3.05) is 5.32 Å². The van der Waals surface area contributed by atoms with Gasteiger partial charge in [-0.3, -0.25) is 10.1 Å². The number of rotatable bonds is 4. The first-order chi connectivity index (χ1) is 10.6. The zero-order chi connectivity index (χ0) is 15.5. The number of aromatic nitrogens is 1. The van der Waals surface area contributed by atoms with E-state index in [2.05, 4.69) is 10.3 Å². The Morgan fingerprint density at radius 3 is 2.82 bits per heavy atom. The normalized spacial score (nSPS) is 12.1. The number of hydrogen-bond acceptors (Lipinski definition) is 4. The first-order valence-electron chi connectivity index (χ1n) is 7.01. The molecular formula is C17H16N2O2S. The number of carbonyl (C=O) groups is 1. The summed E-state index contributed by atoms with van der Waals surface area (Å²) in [6.07, 6.45) is -0.589. The van der Waals surface area contributed by atoms with Crippen molar-refractivity contribution >= 4 is 32.6 Å². The van der Waals surface area contributed by atoms with Crippen LogP contribution in [0.25, 0.3) is 10.2 Å². The zero-order valence-corrected chi connectivity index (χ0v) is 13.2. The third-order valence-electron chi connectivity index (χ3n) is 3.20. The lowest BCUT2D eigenvalue weighted by molar-refractivity contribution is -0.122. The second kappa shape index (κ2) is 6.15. The van der Waals surface area contributed by atoms with Crippen molar-refractivity contribution in [3.8, 4) is 5.75 Å².